The minimum atomic E-state index is -0.331. The van der Waals surface area contributed by atoms with Crippen molar-refractivity contribution in [1.82, 2.24) is 25.5 Å². The lowest BCUT2D eigenvalue weighted by atomic mass is 10.2. The van der Waals surface area contributed by atoms with Crippen molar-refractivity contribution in [2.75, 3.05) is 7.05 Å². The van der Waals surface area contributed by atoms with Gasteiger partial charge in [-0.2, -0.15) is 5.21 Å². The van der Waals surface area contributed by atoms with E-state index in [9.17, 15) is 9.90 Å². The van der Waals surface area contributed by atoms with Crippen LogP contribution in [0.15, 0.2) is 24.3 Å². The van der Waals surface area contributed by atoms with Gasteiger partial charge in [-0.3, -0.25) is 4.79 Å². The lowest BCUT2D eigenvalue weighted by molar-refractivity contribution is 0.0773. The number of hydrogen-bond acceptors (Lipinski definition) is 5. The molecule has 2 N–H and O–H groups in total. The number of carbonyl (C=O) groups is 1. The summed E-state index contributed by atoms with van der Waals surface area (Å²) >= 11 is 0. The molecule has 0 radical (unpaired) electrons. The number of tetrazole rings is 1. The van der Waals surface area contributed by atoms with Gasteiger partial charge in [0, 0.05) is 13.6 Å². The number of phenols is 1. The van der Waals surface area contributed by atoms with Crippen LogP contribution in [0.4, 0.5) is 0 Å². The van der Waals surface area contributed by atoms with Crippen molar-refractivity contribution in [2.45, 2.75) is 6.54 Å². The molecule has 0 fully saturated rings. The molecule has 0 saturated heterocycles. The van der Waals surface area contributed by atoms with Crippen LogP contribution in [-0.2, 0) is 6.54 Å². The standard InChI is InChI=1S/C10H11N5O2/c1-15(10(17)9-11-13-14-12-9)6-7-3-2-4-8(16)5-7/h2-5,16H,6H2,1H3,(H,11,12,13,14). The second kappa shape index (κ2) is 4.60. The van der Waals surface area contributed by atoms with Crippen LogP contribution in [0.2, 0.25) is 0 Å². The highest BCUT2D eigenvalue weighted by Crippen LogP contribution is 2.12. The number of nitrogens with zero attached hydrogens (tertiary/aromatic N) is 4. The number of amides is 1. The summed E-state index contributed by atoms with van der Waals surface area (Å²) in [6, 6.07) is 6.71. The number of hydrogen-bond donors (Lipinski definition) is 2. The maximum Gasteiger partial charge on any atom is 0.295 e. The smallest absolute Gasteiger partial charge is 0.295 e. The Balaban J connectivity index is 2.07. The van der Waals surface area contributed by atoms with Gasteiger partial charge in [0.1, 0.15) is 5.75 Å². The number of phenolic OH excluding ortho intramolecular Hbond substituents is 1. The predicted molar refractivity (Wildman–Crippen MR) is 58.1 cm³/mol. The third kappa shape index (κ3) is 2.57. The average molecular weight is 233 g/mol. The molecule has 1 aromatic carbocycles. The molecular weight excluding hydrogens is 222 g/mol. The molecule has 7 heteroatoms. The molecule has 0 aliphatic rings. The summed E-state index contributed by atoms with van der Waals surface area (Å²) in [5.41, 5.74) is 0.823. The number of aromatic nitrogens is 4. The minimum Gasteiger partial charge on any atom is -0.508 e. The zero-order chi connectivity index (χ0) is 12.3. The first-order valence-corrected chi connectivity index (χ1v) is 4.93. The summed E-state index contributed by atoms with van der Waals surface area (Å²) in [5.74, 6) is -0.141. The Morgan fingerprint density at radius 2 is 2.35 bits per heavy atom. The van der Waals surface area contributed by atoms with Crippen molar-refractivity contribution in [3.05, 3.63) is 35.7 Å². The zero-order valence-corrected chi connectivity index (χ0v) is 9.16. The lowest BCUT2D eigenvalue weighted by Crippen LogP contribution is -2.27. The molecule has 0 aliphatic heterocycles. The molecule has 88 valence electrons. The van der Waals surface area contributed by atoms with Gasteiger partial charge in [-0.05, 0) is 22.9 Å². The van der Waals surface area contributed by atoms with Crippen molar-refractivity contribution in [2.24, 2.45) is 0 Å². The van der Waals surface area contributed by atoms with Gasteiger partial charge >= 0.3 is 0 Å². The Bertz CT molecular complexity index is 511. The Morgan fingerprint density at radius 3 is 3.00 bits per heavy atom. The summed E-state index contributed by atoms with van der Waals surface area (Å²) < 4.78 is 0. The molecule has 0 spiro atoms. The molecule has 7 nitrogen and oxygen atoms in total. The zero-order valence-electron chi connectivity index (χ0n) is 9.16. The molecule has 0 saturated carbocycles. The van der Waals surface area contributed by atoms with E-state index in [0.717, 1.165) is 5.56 Å². The van der Waals surface area contributed by atoms with E-state index in [1.807, 2.05) is 6.07 Å². The third-order valence-electron chi connectivity index (χ3n) is 2.21. The first-order chi connectivity index (χ1) is 8.16. The molecule has 2 rings (SSSR count). The summed E-state index contributed by atoms with van der Waals surface area (Å²) in [6.07, 6.45) is 0. The summed E-state index contributed by atoms with van der Waals surface area (Å²) in [4.78, 5) is 13.2. The van der Waals surface area contributed by atoms with Crippen LogP contribution in [0.1, 0.15) is 16.2 Å². The van der Waals surface area contributed by atoms with Gasteiger partial charge in [0.05, 0.1) is 0 Å². The van der Waals surface area contributed by atoms with Crippen molar-refractivity contribution >= 4 is 5.91 Å². The van der Waals surface area contributed by atoms with Crippen LogP contribution >= 0.6 is 0 Å². The second-order valence-electron chi connectivity index (χ2n) is 3.57. The molecule has 0 unspecified atom stereocenters. The molecule has 1 aromatic heterocycles. The molecule has 0 aliphatic carbocycles. The van der Waals surface area contributed by atoms with Crippen molar-refractivity contribution < 1.29 is 9.90 Å². The molecule has 0 bridgehead atoms. The van der Waals surface area contributed by atoms with Crippen LogP contribution < -0.4 is 0 Å². The van der Waals surface area contributed by atoms with Crippen LogP contribution in [0.5, 0.6) is 5.75 Å². The van der Waals surface area contributed by atoms with Crippen molar-refractivity contribution in [1.29, 1.82) is 0 Å². The van der Waals surface area contributed by atoms with E-state index in [2.05, 4.69) is 20.6 Å². The maximum absolute atomic E-state index is 11.8. The summed E-state index contributed by atoms with van der Waals surface area (Å²) in [6.45, 7) is 0.363. The van der Waals surface area contributed by atoms with Crippen molar-refractivity contribution in [3.63, 3.8) is 0 Å². The predicted octanol–water partition coefficient (Wildman–Crippen LogP) is 0.177. The first kappa shape index (κ1) is 11.1. The van der Waals surface area contributed by atoms with Crippen molar-refractivity contribution in [3.8, 4) is 5.75 Å². The Labute approximate surface area is 97.1 Å². The highest BCUT2D eigenvalue weighted by molar-refractivity contribution is 5.89. The van der Waals surface area contributed by atoms with Gasteiger partial charge in [-0.25, -0.2) is 0 Å². The van der Waals surface area contributed by atoms with Crippen LogP contribution in [0, 0.1) is 0 Å². The van der Waals surface area contributed by atoms with E-state index in [4.69, 9.17) is 0 Å². The van der Waals surface area contributed by atoms with Crippen LogP contribution in [0.25, 0.3) is 0 Å². The third-order valence-corrected chi connectivity index (χ3v) is 2.21. The maximum atomic E-state index is 11.8. The highest BCUT2D eigenvalue weighted by atomic mass is 16.3. The molecule has 17 heavy (non-hydrogen) atoms. The molecule has 0 atom stereocenters. The van der Waals surface area contributed by atoms with E-state index in [1.54, 1.807) is 25.2 Å². The number of H-pyrrole nitrogens is 1. The topological polar surface area (TPSA) is 95.0 Å². The SMILES string of the molecule is CN(Cc1cccc(O)c1)C(=O)c1nn[nH]n1. The number of rotatable bonds is 3. The fourth-order valence-electron chi connectivity index (χ4n) is 1.42. The summed E-state index contributed by atoms with van der Waals surface area (Å²) in [5, 5.41) is 22.1. The van der Waals surface area contributed by atoms with Gasteiger partial charge in [0.15, 0.2) is 0 Å². The summed E-state index contributed by atoms with van der Waals surface area (Å²) in [7, 11) is 1.63. The Kier molecular flexibility index (Phi) is 2.99. The Morgan fingerprint density at radius 1 is 1.53 bits per heavy atom. The average Bonchev–Trinajstić information content (AvgIpc) is 2.81. The van der Waals surface area contributed by atoms with Crippen LogP contribution in [-0.4, -0.2) is 43.6 Å². The first-order valence-electron chi connectivity index (χ1n) is 4.93. The normalized spacial score (nSPS) is 10.2. The fraction of sp³-hybridized carbons (Fsp3) is 0.200. The number of aromatic amines is 1. The van der Waals surface area contributed by atoms with E-state index in [-0.39, 0.29) is 17.5 Å². The minimum absolute atomic E-state index is 0.0210. The van der Waals surface area contributed by atoms with Gasteiger partial charge in [0.25, 0.3) is 11.7 Å². The fourth-order valence-corrected chi connectivity index (χ4v) is 1.42. The molecule has 1 heterocycles. The van der Waals surface area contributed by atoms with E-state index < -0.39 is 0 Å². The Hall–Kier alpha value is -2.44. The van der Waals surface area contributed by atoms with Crippen LogP contribution in [0.3, 0.4) is 0 Å². The van der Waals surface area contributed by atoms with E-state index in [0.29, 0.717) is 6.54 Å². The lowest BCUT2D eigenvalue weighted by Gasteiger charge is -2.14. The van der Waals surface area contributed by atoms with Gasteiger partial charge in [0.2, 0.25) is 0 Å². The number of carbonyl (C=O) groups excluding carboxylic acids is 1. The largest absolute Gasteiger partial charge is 0.508 e. The number of benzene rings is 1. The van der Waals surface area contributed by atoms with Gasteiger partial charge < -0.3 is 10.0 Å². The van der Waals surface area contributed by atoms with E-state index in [1.165, 1.54) is 4.90 Å². The number of aromatic hydroxyl groups is 1. The molecule has 2 aromatic rings. The highest BCUT2D eigenvalue weighted by Gasteiger charge is 2.16. The number of nitrogens with one attached hydrogen (secondary N) is 1. The van der Waals surface area contributed by atoms with Gasteiger partial charge in [-0.15, -0.1) is 10.2 Å². The molecular formula is C10H11N5O2. The second-order valence-corrected chi connectivity index (χ2v) is 3.57. The molecule has 1 amide bonds. The quantitative estimate of drug-likeness (QED) is 0.788. The van der Waals surface area contributed by atoms with Gasteiger partial charge in [-0.1, -0.05) is 12.1 Å². The monoisotopic (exact) mass is 233 g/mol. The van der Waals surface area contributed by atoms with E-state index >= 15 is 0 Å².